The molecule has 1 heterocycles. The molecule has 0 radical (unpaired) electrons. The largest absolute Gasteiger partial charge is 0.324 e. The van der Waals surface area contributed by atoms with Gasteiger partial charge in [-0.05, 0) is 31.2 Å². The Labute approximate surface area is 89.8 Å². The fourth-order valence-corrected chi connectivity index (χ4v) is 1.84. The van der Waals surface area contributed by atoms with E-state index in [-0.39, 0.29) is 11.1 Å². The highest BCUT2D eigenvalue weighted by Crippen LogP contribution is 2.15. The van der Waals surface area contributed by atoms with Crippen molar-refractivity contribution in [3.8, 4) is 0 Å². The third-order valence-electron chi connectivity index (χ3n) is 2.17. The van der Waals surface area contributed by atoms with Crippen molar-refractivity contribution in [1.29, 1.82) is 0 Å². The van der Waals surface area contributed by atoms with Gasteiger partial charge in [0.05, 0.1) is 0 Å². The summed E-state index contributed by atoms with van der Waals surface area (Å²) in [6.07, 6.45) is 2.21. The topological polar surface area (TPSA) is 85.1 Å². The molecule has 0 unspecified atom stereocenters. The summed E-state index contributed by atoms with van der Waals surface area (Å²) >= 11 is 0. The van der Waals surface area contributed by atoms with E-state index in [4.69, 9.17) is 5.73 Å². The predicted molar refractivity (Wildman–Crippen MR) is 57.7 cm³/mol. The molecule has 15 heavy (non-hydrogen) atoms. The third-order valence-corrected chi connectivity index (χ3v) is 3.48. The van der Waals surface area contributed by atoms with Crippen molar-refractivity contribution in [2.75, 3.05) is 7.05 Å². The van der Waals surface area contributed by atoms with E-state index in [1.165, 1.54) is 19.3 Å². The van der Waals surface area contributed by atoms with Gasteiger partial charge in [-0.1, -0.05) is 6.92 Å². The van der Waals surface area contributed by atoms with Crippen LogP contribution < -0.4 is 10.5 Å². The average molecular weight is 229 g/mol. The standard InChI is InChI=1S/C9H15N3O2S/c1-3-8(10)7-4-5-12-9(6-7)15(13,14)11-2/h4-6,8,11H,3,10H2,1-2H3/t8-/m0/s1. The van der Waals surface area contributed by atoms with Gasteiger partial charge in [0.25, 0.3) is 10.0 Å². The van der Waals surface area contributed by atoms with Crippen LogP contribution >= 0.6 is 0 Å². The van der Waals surface area contributed by atoms with Gasteiger partial charge in [0.2, 0.25) is 0 Å². The quantitative estimate of drug-likeness (QED) is 0.782. The molecule has 0 aromatic carbocycles. The average Bonchev–Trinajstić information content (AvgIpc) is 2.28. The summed E-state index contributed by atoms with van der Waals surface area (Å²) in [7, 11) is -2.13. The van der Waals surface area contributed by atoms with Gasteiger partial charge >= 0.3 is 0 Å². The molecule has 0 saturated heterocycles. The lowest BCUT2D eigenvalue weighted by molar-refractivity contribution is 0.583. The van der Waals surface area contributed by atoms with Gasteiger partial charge in [-0.3, -0.25) is 0 Å². The first-order valence-electron chi connectivity index (χ1n) is 4.66. The Hall–Kier alpha value is -0.980. The van der Waals surface area contributed by atoms with E-state index in [9.17, 15) is 8.42 Å². The molecule has 84 valence electrons. The molecule has 0 bridgehead atoms. The fourth-order valence-electron chi connectivity index (χ4n) is 1.14. The number of nitrogens with one attached hydrogen (secondary N) is 1. The second-order valence-corrected chi connectivity index (χ2v) is 4.98. The fraction of sp³-hybridized carbons (Fsp3) is 0.444. The van der Waals surface area contributed by atoms with Gasteiger partial charge in [-0.25, -0.2) is 18.1 Å². The van der Waals surface area contributed by atoms with Crippen molar-refractivity contribution in [2.45, 2.75) is 24.4 Å². The lowest BCUT2D eigenvalue weighted by Gasteiger charge is -2.10. The van der Waals surface area contributed by atoms with Crippen molar-refractivity contribution in [2.24, 2.45) is 5.73 Å². The maximum atomic E-state index is 11.4. The highest BCUT2D eigenvalue weighted by atomic mass is 32.2. The minimum atomic E-state index is -3.48. The highest BCUT2D eigenvalue weighted by Gasteiger charge is 2.14. The Bertz CT molecular complexity index is 431. The molecule has 1 rings (SSSR count). The van der Waals surface area contributed by atoms with E-state index in [1.54, 1.807) is 6.07 Å². The SMILES string of the molecule is CC[C@H](N)c1ccnc(S(=O)(=O)NC)c1. The maximum absolute atomic E-state index is 11.4. The summed E-state index contributed by atoms with van der Waals surface area (Å²) in [5.74, 6) is 0. The molecule has 0 aliphatic heterocycles. The molecule has 0 aliphatic rings. The van der Waals surface area contributed by atoms with Gasteiger partial charge in [0.15, 0.2) is 5.03 Å². The summed E-state index contributed by atoms with van der Waals surface area (Å²) < 4.78 is 25.1. The molecule has 1 atom stereocenters. The highest BCUT2D eigenvalue weighted by molar-refractivity contribution is 7.89. The number of nitrogens with zero attached hydrogens (tertiary/aromatic N) is 1. The number of pyridine rings is 1. The summed E-state index contributed by atoms with van der Waals surface area (Å²) in [4.78, 5) is 3.79. The van der Waals surface area contributed by atoms with E-state index in [2.05, 4.69) is 9.71 Å². The normalized spacial score (nSPS) is 13.8. The Morgan fingerprint density at radius 1 is 1.60 bits per heavy atom. The van der Waals surface area contributed by atoms with E-state index >= 15 is 0 Å². The van der Waals surface area contributed by atoms with Gasteiger partial charge in [0, 0.05) is 12.2 Å². The van der Waals surface area contributed by atoms with Gasteiger partial charge < -0.3 is 5.73 Å². The van der Waals surface area contributed by atoms with E-state index in [1.807, 2.05) is 6.92 Å². The van der Waals surface area contributed by atoms with Crippen LogP contribution in [0.25, 0.3) is 0 Å². The molecule has 0 spiro atoms. The summed E-state index contributed by atoms with van der Waals surface area (Å²) in [5.41, 5.74) is 6.58. The zero-order chi connectivity index (χ0) is 11.5. The number of nitrogens with two attached hydrogens (primary N) is 1. The van der Waals surface area contributed by atoms with Crippen LogP contribution in [0.2, 0.25) is 0 Å². The Kier molecular flexibility index (Phi) is 3.78. The maximum Gasteiger partial charge on any atom is 0.257 e. The van der Waals surface area contributed by atoms with Crippen LogP contribution in [0.1, 0.15) is 24.9 Å². The van der Waals surface area contributed by atoms with Crippen LogP contribution in [0.3, 0.4) is 0 Å². The van der Waals surface area contributed by atoms with Crippen LogP contribution in [0.4, 0.5) is 0 Å². The smallest absolute Gasteiger partial charge is 0.257 e. The molecule has 3 N–H and O–H groups in total. The summed E-state index contributed by atoms with van der Waals surface area (Å²) in [6.45, 7) is 1.94. The van der Waals surface area contributed by atoms with Crippen LogP contribution in [0.5, 0.6) is 0 Å². The summed E-state index contributed by atoms with van der Waals surface area (Å²) in [6, 6.07) is 3.07. The van der Waals surface area contributed by atoms with E-state index in [0.717, 1.165) is 12.0 Å². The minimum absolute atomic E-state index is 0.00593. The van der Waals surface area contributed by atoms with E-state index < -0.39 is 10.0 Å². The van der Waals surface area contributed by atoms with Crippen LogP contribution in [-0.2, 0) is 10.0 Å². The first-order valence-corrected chi connectivity index (χ1v) is 6.14. The molecule has 1 aromatic heterocycles. The van der Waals surface area contributed by atoms with E-state index in [0.29, 0.717) is 0 Å². The number of hydrogen-bond donors (Lipinski definition) is 2. The number of rotatable bonds is 4. The lowest BCUT2D eigenvalue weighted by atomic mass is 10.1. The number of sulfonamides is 1. The monoisotopic (exact) mass is 229 g/mol. The number of aromatic nitrogens is 1. The van der Waals surface area contributed by atoms with Crippen LogP contribution in [0.15, 0.2) is 23.4 Å². The molecule has 1 aromatic rings. The second-order valence-electron chi connectivity index (χ2n) is 3.15. The summed E-state index contributed by atoms with van der Waals surface area (Å²) in [5, 5.41) is 0.00593. The first-order chi connectivity index (χ1) is 7.01. The molecule has 5 nitrogen and oxygen atoms in total. The molecule has 0 fully saturated rings. The van der Waals surface area contributed by atoms with Crippen molar-refractivity contribution < 1.29 is 8.42 Å². The van der Waals surface area contributed by atoms with Crippen molar-refractivity contribution in [3.63, 3.8) is 0 Å². The molecular formula is C9H15N3O2S. The van der Waals surface area contributed by atoms with Crippen molar-refractivity contribution in [3.05, 3.63) is 23.9 Å². The molecular weight excluding hydrogens is 214 g/mol. The zero-order valence-corrected chi connectivity index (χ0v) is 9.58. The molecule has 0 saturated carbocycles. The van der Waals surface area contributed by atoms with Crippen LogP contribution in [-0.4, -0.2) is 20.4 Å². The van der Waals surface area contributed by atoms with Gasteiger partial charge in [0.1, 0.15) is 0 Å². The third kappa shape index (κ3) is 2.74. The predicted octanol–water partition coefficient (Wildman–Crippen LogP) is 0.400. The Balaban J connectivity index is 3.14. The second kappa shape index (κ2) is 4.69. The molecule has 0 amide bonds. The van der Waals surface area contributed by atoms with Crippen LogP contribution in [0, 0.1) is 0 Å². The Morgan fingerprint density at radius 2 is 2.27 bits per heavy atom. The Morgan fingerprint density at radius 3 is 2.80 bits per heavy atom. The van der Waals surface area contributed by atoms with Gasteiger partial charge in [-0.15, -0.1) is 0 Å². The number of hydrogen-bond acceptors (Lipinski definition) is 4. The van der Waals surface area contributed by atoms with Crippen molar-refractivity contribution >= 4 is 10.0 Å². The molecule has 0 aliphatic carbocycles. The van der Waals surface area contributed by atoms with Crippen molar-refractivity contribution in [1.82, 2.24) is 9.71 Å². The van der Waals surface area contributed by atoms with Gasteiger partial charge in [-0.2, -0.15) is 0 Å². The molecule has 6 heteroatoms. The zero-order valence-electron chi connectivity index (χ0n) is 8.77. The lowest BCUT2D eigenvalue weighted by Crippen LogP contribution is -2.20. The minimum Gasteiger partial charge on any atom is -0.324 e. The first kappa shape index (κ1) is 12.1.